The molecule has 0 saturated heterocycles. The van der Waals surface area contributed by atoms with Crippen LogP contribution in [-0.2, 0) is 0 Å². The molecule has 0 fully saturated rings. The lowest BCUT2D eigenvalue weighted by molar-refractivity contribution is 0.0715. The average Bonchev–Trinajstić information content (AvgIpc) is 2.90. The molecule has 0 aliphatic rings. The van der Waals surface area contributed by atoms with Crippen molar-refractivity contribution in [3.8, 4) is 0 Å². The highest BCUT2D eigenvalue weighted by Gasteiger charge is 2.21. The number of fused-ring (bicyclic) bond motifs is 1. The smallest absolute Gasteiger partial charge is 0.276 e. The Balaban J connectivity index is 2.19. The molecule has 0 bridgehead atoms. The number of nitrogens with two attached hydrogens (primary N) is 1. The maximum Gasteiger partial charge on any atom is 0.276 e. The van der Waals surface area contributed by atoms with E-state index in [0.717, 1.165) is 15.8 Å². The third kappa shape index (κ3) is 3.39. The van der Waals surface area contributed by atoms with Gasteiger partial charge >= 0.3 is 0 Å². The number of aliphatic hydroxyl groups excluding tert-OH is 2. The zero-order chi connectivity index (χ0) is 15.4. The van der Waals surface area contributed by atoms with Gasteiger partial charge in [0.1, 0.15) is 5.69 Å². The van der Waals surface area contributed by atoms with E-state index in [1.165, 1.54) is 0 Å². The number of aromatic nitrogens is 1. The second kappa shape index (κ2) is 6.38. The van der Waals surface area contributed by atoms with Crippen LogP contribution in [0.15, 0.2) is 30.3 Å². The van der Waals surface area contributed by atoms with Gasteiger partial charge in [-0.2, -0.15) is 0 Å². The monoisotopic (exact) mass is 290 g/mol. The molecule has 112 valence electrons. The van der Waals surface area contributed by atoms with Gasteiger partial charge in [0.05, 0.1) is 12.7 Å². The lowest BCUT2D eigenvalue weighted by Gasteiger charge is -2.21. The summed E-state index contributed by atoms with van der Waals surface area (Å²) in [6, 6.07) is 9.13. The number of guanidine groups is 1. The Hall–Kier alpha value is -2.38. The van der Waals surface area contributed by atoms with E-state index < -0.39 is 24.6 Å². The van der Waals surface area contributed by atoms with Gasteiger partial charge in [-0.15, -0.1) is 0 Å². The van der Waals surface area contributed by atoms with Gasteiger partial charge in [0.2, 0.25) is 0 Å². The van der Waals surface area contributed by atoms with E-state index in [2.05, 4.69) is 4.98 Å². The first-order valence-electron chi connectivity index (χ1n) is 6.55. The van der Waals surface area contributed by atoms with Crippen LogP contribution in [-0.4, -0.2) is 51.2 Å². The van der Waals surface area contributed by atoms with Crippen LogP contribution in [0.25, 0.3) is 10.9 Å². The van der Waals surface area contributed by atoms with Crippen LogP contribution < -0.4 is 5.73 Å². The molecule has 2 rings (SSSR count). The molecule has 1 aromatic heterocycles. The van der Waals surface area contributed by atoms with Gasteiger partial charge in [0.25, 0.3) is 5.91 Å². The summed E-state index contributed by atoms with van der Waals surface area (Å²) in [4.78, 5) is 16.4. The topological polar surface area (TPSA) is 126 Å². The van der Waals surface area contributed by atoms with Gasteiger partial charge < -0.3 is 20.9 Å². The van der Waals surface area contributed by atoms with Crippen LogP contribution in [0.5, 0.6) is 0 Å². The third-order valence-corrected chi connectivity index (χ3v) is 3.19. The summed E-state index contributed by atoms with van der Waals surface area (Å²) in [5.41, 5.74) is 6.57. The fourth-order valence-corrected chi connectivity index (χ4v) is 2.03. The highest BCUT2D eigenvalue weighted by molar-refractivity contribution is 6.05. The van der Waals surface area contributed by atoms with Crippen molar-refractivity contribution in [1.29, 1.82) is 5.41 Å². The van der Waals surface area contributed by atoms with Crippen molar-refractivity contribution in [3.05, 3.63) is 36.0 Å². The van der Waals surface area contributed by atoms with E-state index in [4.69, 9.17) is 16.2 Å². The summed E-state index contributed by atoms with van der Waals surface area (Å²) in [6.45, 7) is -0.336. The van der Waals surface area contributed by atoms with Crippen molar-refractivity contribution >= 4 is 22.8 Å². The van der Waals surface area contributed by atoms with Crippen molar-refractivity contribution in [1.82, 2.24) is 9.88 Å². The van der Waals surface area contributed by atoms with Crippen LogP contribution >= 0.6 is 0 Å². The molecule has 1 unspecified atom stereocenters. The van der Waals surface area contributed by atoms with Crippen molar-refractivity contribution in [2.45, 2.75) is 12.5 Å². The lowest BCUT2D eigenvalue weighted by Crippen LogP contribution is -2.43. The number of hydrogen-bond donors (Lipinski definition) is 5. The minimum atomic E-state index is -0.942. The number of carbonyl (C=O) groups is 1. The maximum absolute atomic E-state index is 12.4. The number of para-hydroxylation sites is 1. The Bertz CT molecular complexity index is 619. The molecule has 21 heavy (non-hydrogen) atoms. The van der Waals surface area contributed by atoms with E-state index >= 15 is 0 Å². The molecule has 2 aromatic rings. The van der Waals surface area contributed by atoms with E-state index in [1.807, 2.05) is 24.3 Å². The number of aromatic amines is 1. The summed E-state index contributed by atoms with van der Waals surface area (Å²) >= 11 is 0. The molecule has 0 saturated carbocycles. The number of amides is 1. The molecule has 0 radical (unpaired) electrons. The van der Waals surface area contributed by atoms with Crippen LogP contribution in [0.4, 0.5) is 0 Å². The molecule has 1 aromatic carbocycles. The van der Waals surface area contributed by atoms with E-state index in [0.29, 0.717) is 5.69 Å². The van der Waals surface area contributed by atoms with Crippen molar-refractivity contribution in [3.63, 3.8) is 0 Å². The largest absolute Gasteiger partial charge is 0.394 e. The summed E-state index contributed by atoms with van der Waals surface area (Å²) in [7, 11) is 0. The first kappa shape index (κ1) is 15.0. The second-order valence-electron chi connectivity index (χ2n) is 4.74. The molecule has 1 atom stereocenters. The first-order valence-corrected chi connectivity index (χ1v) is 6.55. The Morgan fingerprint density at radius 3 is 2.76 bits per heavy atom. The highest BCUT2D eigenvalue weighted by atomic mass is 16.3. The summed E-state index contributed by atoms with van der Waals surface area (Å²) < 4.78 is 0. The molecule has 7 heteroatoms. The Kier molecular flexibility index (Phi) is 4.56. The Morgan fingerprint density at radius 2 is 2.14 bits per heavy atom. The molecule has 0 aliphatic heterocycles. The molecule has 1 heterocycles. The molecule has 1 amide bonds. The van der Waals surface area contributed by atoms with E-state index in [9.17, 15) is 9.90 Å². The average molecular weight is 290 g/mol. The predicted molar refractivity (Wildman–Crippen MR) is 79.0 cm³/mol. The molecule has 6 N–H and O–H groups in total. The van der Waals surface area contributed by atoms with Gasteiger partial charge in [-0.1, -0.05) is 18.2 Å². The Labute approximate surface area is 121 Å². The van der Waals surface area contributed by atoms with Gasteiger partial charge in [-0.25, -0.2) is 0 Å². The van der Waals surface area contributed by atoms with Crippen LogP contribution in [0.1, 0.15) is 16.9 Å². The quantitative estimate of drug-likeness (QED) is 0.399. The summed E-state index contributed by atoms with van der Waals surface area (Å²) in [6.07, 6.45) is -0.801. The predicted octanol–water partition coefficient (Wildman–Crippen LogP) is 0.247. The SMILES string of the molecule is N=C(N)N(CCC(O)CO)C(=O)c1cc2ccccc2[nH]1. The molecule has 0 aliphatic carbocycles. The Morgan fingerprint density at radius 1 is 1.43 bits per heavy atom. The van der Waals surface area contributed by atoms with Gasteiger partial charge in [-0.3, -0.25) is 15.1 Å². The molecular formula is C14H18N4O3. The van der Waals surface area contributed by atoms with Crippen molar-refractivity contribution in [2.24, 2.45) is 5.73 Å². The van der Waals surface area contributed by atoms with Crippen molar-refractivity contribution in [2.75, 3.05) is 13.2 Å². The third-order valence-electron chi connectivity index (χ3n) is 3.19. The van der Waals surface area contributed by atoms with E-state index in [-0.39, 0.29) is 13.0 Å². The summed E-state index contributed by atoms with van der Waals surface area (Å²) in [5.74, 6) is -0.840. The zero-order valence-electron chi connectivity index (χ0n) is 11.4. The number of rotatable bonds is 5. The van der Waals surface area contributed by atoms with Gasteiger partial charge in [-0.05, 0) is 18.6 Å². The van der Waals surface area contributed by atoms with E-state index in [1.54, 1.807) is 6.07 Å². The number of benzene rings is 1. The number of nitrogens with zero attached hydrogens (tertiary/aromatic N) is 1. The normalized spacial score (nSPS) is 12.3. The summed E-state index contributed by atoms with van der Waals surface area (Å²) in [5, 5.41) is 26.5. The maximum atomic E-state index is 12.4. The van der Waals surface area contributed by atoms with Gasteiger partial charge in [0, 0.05) is 17.4 Å². The number of aliphatic hydroxyl groups is 2. The number of nitrogens with one attached hydrogen (secondary N) is 2. The van der Waals surface area contributed by atoms with Gasteiger partial charge in [0.15, 0.2) is 5.96 Å². The minimum Gasteiger partial charge on any atom is -0.394 e. The molecular weight excluding hydrogens is 272 g/mol. The van der Waals surface area contributed by atoms with Crippen LogP contribution in [0.3, 0.4) is 0 Å². The number of carbonyl (C=O) groups excluding carboxylic acids is 1. The number of hydrogen-bond acceptors (Lipinski definition) is 4. The minimum absolute atomic E-state index is 0.0608. The number of H-pyrrole nitrogens is 1. The lowest BCUT2D eigenvalue weighted by atomic mass is 10.2. The molecule has 7 nitrogen and oxygen atoms in total. The van der Waals surface area contributed by atoms with Crippen LogP contribution in [0.2, 0.25) is 0 Å². The zero-order valence-corrected chi connectivity index (χ0v) is 11.4. The van der Waals surface area contributed by atoms with Crippen LogP contribution in [0, 0.1) is 5.41 Å². The standard InChI is InChI=1S/C14H18N4O3/c15-14(16)18(6-5-10(20)8-19)13(21)12-7-9-3-1-2-4-11(9)17-12/h1-4,7,10,17,19-20H,5-6,8H2,(H3,15,16). The highest BCUT2D eigenvalue weighted by Crippen LogP contribution is 2.16. The molecule has 0 spiro atoms. The fraction of sp³-hybridized carbons (Fsp3) is 0.286. The van der Waals surface area contributed by atoms with Crippen molar-refractivity contribution < 1.29 is 15.0 Å². The fourth-order valence-electron chi connectivity index (χ4n) is 2.03. The second-order valence-corrected chi connectivity index (χ2v) is 4.74. The first-order chi connectivity index (χ1) is 10.0.